The lowest BCUT2D eigenvalue weighted by atomic mass is 10.2. The fraction of sp³-hybridized carbons (Fsp3) is 0.455. The van der Waals surface area contributed by atoms with E-state index in [0.717, 1.165) is 0 Å². The molecule has 4 heteroatoms. The van der Waals surface area contributed by atoms with Crippen molar-refractivity contribution in [1.29, 1.82) is 0 Å². The summed E-state index contributed by atoms with van der Waals surface area (Å²) in [5.41, 5.74) is 6.47. The van der Waals surface area contributed by atoms with E-state index in [-0.39, 0.29) is 6.10 Å². The van der Waals surface area contributed by atoms with Crippen LogP contribution in [0.1, 0.15) is 6.92 Å². The number of benzene rings is 1. The Balaban J connectivity index is 2.11. The van der Waals surface area contributed by atoms with Crippen molar-refractivity contribution in [3.63, 3.8) is 0 Å². The van der Waals surface area contributed by atoms with Crippen LogP contribution in [-0.4, -0.2) is 25.9 Å². The minimum Gasteiger partial charge on any atom is -0.492 e. The molecule has 1 saturated heterocycles. The molecule has 0 aromatic heterocycles. The van der Waals surface area contributed by atoms with Crippen molar-refractivity contribution in [3.8, 4) is 11.5 Å². The first-order chi connectivity index (χ1) is 7.31. The molecule has 0 unspecified atom stereocenters. The second kappa shape index (κ2) is 4.40. The summed E-state index contributed by atoms with van der Waals surface area (Å²) in [4.78, 5) is 0. The Bertz CT molecular complexity index is 337. The van der Waals surface area contributed by atoms with Crippen molar-refractivity contribution < 1.29 is 14.2 Å². The van der Waals surface area contributed by atoms with Crippen molar-refractivity contribution in [1.82, 2.24) is 0 Å². The Kier molecular flexibility index (Phi) is 2.97. The van der Waals surface area contributed by atoms with Crippen LogP contribution in [0.4, 0.5) is 5.69 Å². The maximum atomic E-state index is 5.91. The van der Waals surface area contributed by atoms with Gasteiger partial charge in [-0.3, -0.25) is 0 Å². The molecule has 0 saturated carbocycles. The van der Waals surface area contributed by atoms with Gasteiger partial charge in [-0.1, -0.05) is 6.07 Å². The minimum atomic E-state index is 0.129. The van der Waals surface area contributed by atoms with Gasteiger partial charge in [-0.2, -0.15) is 0 Å². The molecule has 0 aliphatic carbocycles. The molecule has 1 aromatic carbocycles. The maximum absolute atomic E-state index is 5.91. The highest BCUT2D eigenvalue weighted by Gasteiger charge is 2.21. The van der Waals surface area contributed by atoms with E-state index in [4.69, 9.17) is 19.9 Å². The summed E-state index contributed by atoms with van der Waals surface area (Å²) in [5, 5.41) is 0. The van der Waals surface area contributed by atoms with Crippen molar-refractivity contribution >= 4 is 5.69 Å². The predicted octanol–water partition coefficient (Wildman–Crippen LogP) is 1.45. The molecular formula is C11H15NO3. The van der Waals surface area contributed by atoms with Gasteiger partial charge in [-0.05, 0) is 19.1 Å². The molecule has 1 aliphatic rings. The molecule has 4 nitrogen and oxygen atoms in total. The van der Waals surface area contributed by atoms with Crippen LogP contribution in [0, 0.1) is 0 Å². The smallest absolute Gasteiger partial charge is 0.146 e. The van der Waals surface area contributed by atoms with Gasteiger partial charge in [0.1, 0.15) is 23.3 Å². The van der Waals surface area contributed by atoms with E-state index < -0.39 is 0 Å². The second-order valence-corrected chi connectivity index (χ2v) is 3.38. The molecule has 1 aliphatic heterocycles. The van der Waals surface area contributed by atoms with Gasteiger partial charge in [0.15, 0.2) is 0 Å². The van der Waals surface area contributed by atoms with E-state index in [2.05, 4.69) is 0 Å². The lowest BCUT2D eigenvalue weighted by Gasteiger charge is -2.27. The molecule has 1 aromatic rings. The van der Waals surface area contributed by atoms with Gasteiger partial charge >= 0.3 is 0 Å². The predicted molar refractivity (Wildman–Crippen MR) is 57.3 cm³/mol. The maximum Gasteiger partial charge on any atom is 0.146 e. The van der Waals surface area contributed by atoms with Crippen molar-refractivity contribution in [2.45, 2.75) is 13.0 Å². The minimum absolute atomic E-state index is 0.129. The first-order valence-electron chi connectivity index (χ1n) is 5.07. The molecule has 1 fully saturated rings. The first-order valence-corrected chi connectivity index (χ1v) is 5.07. The molecule has 2 rings (SSSR count). The number of hydrogen-bond acceptors (Lipinski definition) is 4. The van der Waals surface area contributed by atoms with E-state index in [0.29, 0.717) is 37.0 Å². The third-order valence-electron chi connectivity index (χ3n) is 2.23. The largest absolute Gasteiger partial charge is 0.492 e. The zero-order chi connectivity index (χ0) is 10.7. The van der Waals surface area contributed by atoms with E-state index in [1.165, 1.54) is 0 Å². The summed E-state index contributed by atoms with van der Waals surface area (Å²) in [7, 11) is 0. The number of nitrogen functional groups attached to an aromatic ring is 1. The van der Waals surface area contributed by atoms with E-state index in [1.54, 1.807) is 0 Å². The van der Waals surface area contributed by atoms with Crippen LogP contribution < -0.4 is 15.2 Å². The Hall–Kier alpha value is -1.42. The number of ether oxygens (including phenoxy) is 3. The highest BCUT2D eigenvalue weighted by molar-refractivity contribution is 5.62. The quantitative estimate of drug-likeness (QED) is 0.762. The van der Waals surface area contributed by atoms with Gasteiger partial charge in [0.2, 0.25) is 0 Å². The Labute approximate surface area is 88.9 Å². The van der Waals surface area contributed by atoms with Crippen LogP contribution in [0.2, 0.25) is 0 Å². The van der Waals surface area contributed by atoms with Crippen LogP contribution in [-0.2, 0) is 4.74 Å². The Morgan fingerprint density at radius 2 is 2.13 bits per heavy atom. The van der Waals surface area contributed by atoms with E-state index in [1.807, 2.05) is 25.1 Å². The van der Waals surface area contributed by atoms with Crippen LogP contribution in [0.3, 0.4) is 0 Å². The summed E-state index contributed by atoms with van der Waals surface area (Å²) in [5.74, 6) is 1.35. The van der Waals surface area contributed by atoms with Crippen molar-refractivity contribution in [2.24, 2.45) is 0 Å². The zero-order valence-corrected chi connectivity index (χ0v) is 8.73. The van der Waals surface area contributed by atoms with Crippen LogP contribution in [0.25, 0.3) is 0 Å². The number of anilines is 1. The molecule has 0 atom stereocenters. The van der Waals surface area contributed by atoms with Crippen LogP contribution in [0.15, 0.2) is 18.2 Å². The summed E-state index contributed by atoms with van der Waals surface area (Å²) in [6.45, 7) is 3.80. The summed E-state index contributed by atoms with van der Waals surface area (Å²) in [6.07, 6.45) is 0.129. The normalized spacial score (nSPS) is 15.8. The molecule has 2 N–H and O–H groups in total. The molecule has 1 heterocycles. The Morgan fingerprint density at radius 3 is 2.73 bits per heavy atom. The highest BCUT2D eigenvalue weighted by Crippen LogP contribution is 2.32. The second-order valence-electron chi connectivity index (χ2n) is 3.38. The molecule has 0 radical (unpaired) electrons. The highest BCUT2D eigenvalue weighted by atomic mass is 16.6. The summed E-state index contributed by atoms with van der Waals surface area (Å²) >= 11 is 0. The summed E-state index contributed by atoms with van der Waals surface area (Å²) < 4.78 is 16.0. The SMILES string of the molecule is CCOc1cccc(OC2COC2)c1N. The third kappa shape index (κ3) is 2.15. The number of rotatable bonds is 4. The first kappa shape index (κ1) is 10.1. The van der Waals surface area contributed by atoms with Gasteiger partial charge in [0, 0.05) is 0 Å². The topological polar surface area (TPSA) is 53.7 Å². The fourth-order valence-electron chi connectivity index (χ4n) is 1.37. The number of nitrogens with two attached hydrogens (primary N) is 1. The molecule has 0 spiro atoms. The zero-order valence-electron chi connectivity index (χ0n) is 8.73. The van der Waals surface area contributed by atoms with E-state index >= 15 is 0 Å². The molecule has 15 heavy (non-hydrogen) atoms. The average molecular weight is 209 g/mol. The molecular weight excluding hydrogens is 194 g/mol. The fourth-order valence-corrected chi connectivity index (χ4v) is 1.37. The van der Waals surface area contributed by atoms with Crippen molar-refractivity contribution in [3.05, 3.63) is 18.2 Å². The molecule has 0 bridgehead atoms. The third-order valence-corrected chi connectivity index (χ3v) is 2.23. The van der Waals surface area contributed by atoms with Gasteiger partial charge in [-0.25, -0.2) is 0 Å². The van der Waals surface area contributed by atoms with Gasteiger partial charge in [0.25, 0.3) is 0 Å². The van der Waals surface area contributed by atoms with Gasteiger partial charge in [-0.15, -0.1) is 0 Å². The average Bonchev–Trinajstić information content (AvgIpc) is 2.17. The van der Waals surface area contributed by atoms with E-state index in [9.17, 15) is 0 Å². The number of para-hydroxylation sites is 1. The Morgan fingerprint density at radius 1 is 1.40 bits per heavy atom. The van der Waals surface area contributed by atoms with Crippen LogP contribution >= 0.6 is 0 Å². The lowest BCUT2D eigenvalue weighted by molar-refractivity contribution is -0.0794. The number of hydrogen-bond donors (Lipinski definition) is 1. The van der Waals surface area contributed by atoms with Gasteiger partial charge in [0.05, 0.1) is 19.8 Å². The lowest BCUT2D eigenvalue weighted by Crippen LogP contribution is -2.38. The van der Waals surface area contributed by atoms with Crippen molar-refractivity contribution in [2.75, 3.05) is 25.6 Å². The standard InChI is InChI=1S/C11H15NO3/c1-2-14-9-4-3-5-10(11(9)12)15-8-6-13-7-8/h3-5,8H,2,6-7,12H2,1H3. The monoisotopic (exact) mass is 209 g/mol. The molecule has 0 amide bonds. The molecule has 82 valence electrons. The summed E-state index contributed by atoms with van der Waals surface area (Å²) in [6, 6.07) is 5.55. The van der Waals surface area contributed by atoms with Crippen LogP contribution in [0.5, 0.6) is 11.5 Å². The van der Waals surface area contributed by atoms with Gasteiger partial charge < -0.3 is 19.9 Å².